The van der Waals surface area contributed by atoms with Crippen LogP contribution in [0.5, 0.6) is 5.75 Å². The van der Waals surface area contributed by atoms with Crippen molar-refractivity contribution < 1.29 is 33.2 Å². The third-order valence-corrected chi connectivity index (χ3v) is 13.6. The summed E-state index contributed by atoms with van der Waals surface area (Å²) in [4.78, 5) is 0. The Morgan fingerprint density at radius 2 is 1.65 bits per heavy atom. The number of methoxy groups -OCH3 is 1. The van der Waals surface area contributed by atoms with E-state index in [4.69, 9.17) is 33.2 Å². The smallest absolute Gasteiger partial charge is 0.169 e. The maximum absolute atomic E-state index is 6.99. The second-order valence-electron chi connectivity index (χ2n) is 13.9. The van der Waals surface area contributed by atoms with Gasteiger partial charge in [0.1, 0.15) is 11.9 Å². The van der Waals surface area contributed by atoms with E-state index >= 15 is 0 Å². The van der Waals surface area contributed by atoms with Gasteiger partial charge in [-0.1, -0.05) is 48.5 Å². The van der Waals surface area contributed by atoms with E-state index in [1.165, 1.54) is 29.1 Å². The molecule has 4 aliphatic rings. The lowest BCUT2D eigenvalue weighted by molar-refractivity contribution is -0.200. The zero-order chi connectivity index (χ0) is 33.8. The summed E-state index contributed by atoms with van der Waals surface area (Å²) in [6.07, 6.45) is 13.6. The van der Waals surface area contributed by atoms with E-state index in [0.717, 1.165) is 82.1 Å². The summed E-state index contributed by atoms with van der Waals surface area (Å²) in [5.41, 5.74) is 3.52. The molecule has 2 aromatic carbocycles. The zero-order valence-electron chi connectivity index (χ0n) is 29.5. The molecule has 0 N–H and O–H groups in total. The van der Waals surface area contributed by atoms with Gasteiger partial charge in [-0.3, -0.25) is 0 Å². The topological polar surface area (TPSA) is 64.6 Å². The van der Waals surface area contributed by atoms with Crippen molar-refractivity contribution in [2.45, 2.75) is 125 Å². The molecule has 49 heavy (non-hydrogen) atoms. The fourth-order valence-electron chi connectivity index (χ4n) is 7.34. The van der Waals surface area contributed by atoms with Crippen molar-refractivity contribution in [2.24, 2.45) is 0 Å². The second kappa shape index (κ2) is 18.8. The van der Waals surface area contributed by atoms with Gasteiger partial charge in [0.15, 0.2) is 12.1 Å². The molecular formula is C40H56O7S2. The van der Waals surface area contributed by atoms with E-state index in [-0.39, 0.29) is 28.7 Å². The zero-order valence-corrected chi connectivity index (χ0v) is 31.1. The van der Waals surface area contributed by atoms with Crippen LogP contribution in [0.3, 0.4) is 0 Å². The van der Waals surface area contributed by atoms with E-state index in [1.807, 2.05) is 18.2 Å². The van der Waals surface area contributed by atoms with Gasteiger partial charge < -0.3 is 33.2 Å². The molecule has 1 unspecified atom stereocenters. The lowest BCUT2D eigenvalue weighted by Crippen LogP contribution is -2.37. The summed E-state index contributed by atoms with van der Waals surface area (Å²) in [6.45, 7) is 5.22. The number of thioether (sulfide) groups is 2. The normalized spacial score (nSPS) is 25.8. The first-order valence-corrected chi connectivity index (χ1v) is 20.4. The quantitative estimate of drug-likeness (QED) is 0.118. The van der Waals surface area contributed by atoms with Gasteiger partial charge in [-0.05, 0) is 98.6 Å². The monoisotopic (exact) mass is 712 g/mol. The molecule has 270 valence electrons. The van der Waals surface area contributed by atoms with E-state index < -0.39 is 5.79 Å². The third-order valence-electron chi connectivity index (χ3n) is 10.1. The molecule has 1 saturated carbocycles. The highest BCUT2D eigenvalue weighted by Crippen LogP contribution is 2.53. The molecule has 2 aromatic rings. The molecule has 0 aromatic heterocycles. The van der Waals surface area contributed by atoms with E-state index in [1.54, 1.807) is 7.11 Å². The first-order valence-electron chi connectivity index (χ1n) is 18.4. The molecule has 6 rings (SSSR count). The molecule has 7 nitrogen and oxygen atoms in total. The van der Waals surface area contributed by atoms with Crippen molar-refractivity contribution in [1.82, 2.24) is 0 Å². The highest BCUT2D eigenvalue weighted by Gasteiger charge is 2.52. The average Bonchev–Trinajstić information content (AvgIpc) is 3.75. The predicted octanol–water partition coefficient (Wildman–Crippen LogP) is 9.08. The molecule has 3 saturated heterocycles. The van der Waals surface area contributed by atoms with Crippen molar-refractivity contribution in [2.75, 3.05) is 38.4 Å². The predicted molar refractivity (Wildman–Crippen MR) is 198 cm³/mol. The molecule has 0 radical (unpaired) electrons. The first kappa shape index (κ1) is 37.2. The standard InChI is InChI=1S/C40H56O7S2/c1-31(19-24-42-28-33-14-16-34(41-2)17-15-33)38-36(46-39(47-38)20-7-8-21-39)27-40(48-25-10-26-49-40)22-18-35(45-37-13-6-9-23-44-37)30-43-29-32-11-4-3-5-12-32/h3-5,11-12,14-17,19,35-38H,6-10,13,18,20-30H2,1-2H3/b31-19-/t35-,36+,37?,38-/m0/s1. The van der Waals surface area contributed by atoms with Crippen molar-refractivity contribution in [3.63, 3.8) is 0 Å². The molecule has 3 aliphatic heterocycles. The summed E-state index contributed by atoms with van der Waals surface area (Å²) in [6, 6.07) is 18.5. The lowest BCUT2D eigenvalue weighted by Gasteiger charge is -2.40. The maximum atomic E-state index is 6.99. The van der Waals surface area contributed by atoms with Crippen molar-refractivity contribution >= 4 is 23.5 Å². The largest absolute Gasteiger partial charge is 0.497 e. The van der Waals surface area contributed by atoms with Gasteiger partial charge >= 0.3 is 0 Å². The number of rotatable bonds is 17. The van der Waals surface area contributed by atoms with Gasteiger partial charge in [-0.15, -0.1) is 23.5 Å². The van der Waals surface area contributed by atoms with Crippen LogP contribution in [0, 0.1) is 0 Å². The summed E-state index contributed by atoms with van der Waals surface area (Å²) in [5, 5.41) is 0. The van der Waals surface area contributed by atoms with Gasteiger partial charge in [0.2, 0.25) is 0 Å². The molecule has 1 aliphatic carbocycles. The molecule has 0 bridgehead atoms. The highest BCUT2D eigenvalue weighted by molar-refractivity contribution is 8.18. The van der Waals surface area contributed by atoms with Crippen molar-refractivity contribution in [1.29, 1.82) is 0 Å². The lowest BCUT2D eigenvalue weighted by atomic mass is 9.99. The van der Waals surface area contributed by atoms with Gasteiger partial charge in [0.05, 0.1) is 49.8 Å². The summed E-state index contributed by atoms with van der Waals surface area (Å²) in [7, 11) is 1.69. The van der Waals surface area contributed by atoms with E-state index in [9.17, 15) is 0 Å². The second-order valence-corrected chi connectivity index (χ2v) is 17.1. The SMILES string of the molecule is COc1ccc(COC/C=C(/C)[C@@H]2OC3(CCCC3)O[C@@H]2CC2(CC[C@@H](COCc3ccccc3)OC3CCCCO3)SCCCS2)cc1. The van der Waals surface area contributed by atoms with Crippen LogP contribution in [0.2, 0.25) is 0 Å². The molecule has 3 heterocycles. The molecule has 4 fully saturated rings. The van der Waals surface area contributed by atoms with Gasteiger partial charge in [-0.25, -0.2) is 0 Å². The molecule has 1 spiro atoms. The van der Waals surface area contributed by atoms with Crippen LogP contribution in [-0.2, 0) is 41.6 Å². The molecule has 4 atom stereocenters. The number of ether oxygens (including phenoxy) is 7. The van der Waals surface area contributed by atoms with Crippen LogP contribution in [0.4, 0.5) is 0 Å². The van der Waals surface area contributed by atoms with Crippen LogP contribution < -0.4 is 4.74 Å². The number of hydrogen-bond donors (Lipinski definition) is 0. The Bertz CT molecular complexity index is 1270. The minimum Gasteiger partial charge on any atom is -0.497 e. The number of benzene rings is 2. The first-order chi connectivity index (χ1) is 24.0. The molecular weight excluding hydrogens is 657 g/mol. The van der Waals surface area contributed by atoms with Crippen LogP contribution in [0.1, 0.15) is 88.7 Å². The van der Waals surface area contributed by atoms with E-state index in [0.29, 0.717) is 26.4 Å². The van der Waals surface area contributed by atoms with E-state index in [2.05, 4.69) is 72.9 Å². The highest BCUT2D eigenvalue weighted by atomic mass is 32.2. The third kappa shape index (κ3) is 11.0. The van der Waals surface area contributed by atoms with Gasteiger partial charge in [0, 0.05) is 25.9 Å². The minimum atomic E-state index is -0.450. The Morgan fingerprint density at radius 1 is 0.898 bits per heavy atom. The molecule has 9 heteroatoms. The molecule has 0 amide bonds. The fourth-order valence-corrected chi connectivity index (χ4v) is 10.8. The summed E-state index contributed by atoms with van der Waals surface area (Å²) < 4.78 is 44.2. The van der Waals surface area contributed by atoms with Crippen LogP contribution in [-0.4, -0.2) is 72.9 Å². The Hall–Kier alpha value is -1.56. The van der Waals surface area contributed by atoms with Crippen LogP contribution in [0.25, 0.3) is 0 Å². The Labute approximate surface area is 302 Å². The Balaban J connectivity index is 1.10. The Kier molecular flexibility index (Phi) is 14.3. The van der Waals surface area contributed by atoms with Gasteiger partial charge in [0.25, 0.3) is 0 Å². The number of hydrogen-bond acceptors (Lipinski definition) is 9. The van der Waals surface area contributed by atoms with Crippen LogP contribution in [0.15, 0.2) is 66.2 Å². The van der Waals surface area contributed by atoms with Crippen molar-refractivity contribution in [3.05, 3.63) is 77.4 Å². The summed E-state index contributed by atoms with van der Waals surface area (Å²) in [5.74, 6) is 2.75. The minimum absolute atomic E-state index is 0.00409. The summed E-state index contributed by atoms with van der Waals surface area (Å²) >= 11 is 4.24. The van der Waals surface area contributed by atoms with Crippen molar-refractivity contribution in [3.8, 4) is 5.75 Å². The Morgan fingerprint density at radius 3 is 2.39 bits per heavy atom. The van der Waals surface area contributed by atoms with Crippen LogP contribution >= 0.6 is 23.5 Å². The maximum Gasteiger partial charge on any atom is 0.169 e. The average molecular weight is 713 g/mol. The van der Waals surface area contributed by atoms with Gasteiger partial charge in [-0.2, -0.15) is 0 Å². The fraction of sp³-hybridized carbons (Fsp3) is 0.650.